The summed E-state index contributed by atoms with van der Waals surface area (Å²) in [7, 11) is 0. The van der Waals surface area contributed by atoms with E-state index in [2.05, 4.69) is 4.98 Å². The van der Waals surface area contributed by atoms with Crippen LogP contribution in [0.3, 0.4) is 0 Å². The fourth-order valence-corrected chi connectivity index (χ4v) is 3.85. The Morgan fingerprint density at radius 1 is 1.07 bits per heavy atom. The lowest BCUT2D eigenvalue weighted by Gasteiger charge is -2.33. The first-order valence-electron chi connectivity index (χ1n) is 8.58. The van der Waals surface area contributed by atoms with Gasteiger partial charge in [-0.1, -0.05) is 47.5 Å². The highest BCUT2D eigenvalue weighted by Gasteiger charge is 2.39. The summed E-state index contributed by atoms with van der Waals surface area (Å²) in [6.45, 7) is 0.226. The molecule has 1 atom stereocenters. The molecule has 1 aliphatic heterocycles. The van der Waals surface area contributed by atoms with Gasteiger partial charge in [-0.2, -0.15) is 0 Å². The van der Waals surface area contributed by atoms with E-state index in [9.17, 15) is 14.7 Å². The summed E-state index contributed by atoms with van der Waals surface area (Å²) < 4.78 is 1.86. The van der Waals surface area contributed by atoms with Gasteiger partial charge in [-0.3, -0.25) is 4.79 Å². The van der Waals surface area contributed by atoms with Crippen LogP contribution in [0.4, 0.5) is 0 Å². The van der Waals surface area contributed by atoms with Gasteiger partial charge in [-0.05, 0) is 24.3 Å². The Balaban J connectivity index is 1.75. The highest BCUT2D eigenvalue weighted by molar-refractivity contribution is 6.43. The second kappa shape index (κ2) is 7.30. The van der Waals surface area contributed by atoms with Gasteiger partial charge in [-0.25, -0.2) is 9.78 Å². The van der Waals surface area contributed by atoms with Crippen molar-refractivity contribution in [2.75, 3.05) is 6.54 Å². The topological polar surface area (TPSA) is 75.4 Å². The highest BCUT2D eigenvalue weighted by atomic mass is 35.5. The molecule has 2 heterocycles. The number of carbonyl (C=O) groups excluding carboxylic acids is 1. The molecule has 1 N–H and O–H groups in total. The number of para-hydroxylation sites is 1. The minimum Gasteiger partial charge on any atom is -0.479 e. The molecule has 1 unspecified atom stereocenters. The van der Waals surface area contributed by atoms with Crippen molar-refractivity contribution in [3.63, 3.8) is 0 Å². The maximum Gasteiger partial charge on any atom is 0.332 e. The number of carboxylic acid groups (broad SMARTS) is 1. The Morgan fingerprint density at radius 2 is 1.82 bits per heavy atom. The monoisotopic (exact) mass is 415 g/mol. The zero-order valence-corrected chi connectivity index (χ0v) is 16.1. The van der Waals surface area contributed by atoms with Crippen molar-refractivity contribution in [2.24, 2.45) is 0 Å². The van der Waals surface area contributed by atoms with E-state index in [1.807, 2.05) is 34.9 Å². The summed E-state index contributed by atoms with van der Waals surface area (Å²) >= 11 is 12.2. The number of carboxylic acids is 1. The highest BCUT2D eigenvalue weighted by Crippen LogP contribution is 2.34. The molecule has 1 aromatic heterocycles. The number of carbonyl (C=O) groups is 2. The van der Waals surface area contributed by atoms with Crippen LogP contribution < -0.4 is 0 Å². The van der Waals surface area contributed by atoms with Gasteiger partial charge in [0, 0.05) is 18.7 Å². The Hall–Kier alpha value is -2.83. The van der Waals surface area contributed by atoms with Crippen molar-refractivity contribution >= 4 is 35.1 Å². The fourth-order valence-electron chi connectivity index (χ4n) is 3.47. The molecule has 0 spiro atoms. The number of imidazole rings is 1. The van der Waals surface area contributed by atoms with E-state index in [1.165, 1.54) is 11.0 Å². The molecule has 1 aliphatic rings. The molecule has 4 rings (SSSR count). The van der Waals surface area contributed by atoms with Crippen LogP contribution in [0.15, 0.2) is 54.9 Å². The number of aromatic nitrogens is 2. The van der Waals surface area contributed by atoms with E-state index >= 15 is 0 Å². The summed E-state index contributed by atoms with van der Waals surface area (Å²) in [4.78, 5) is 30.7. The van der Waals surface area contributed by atoms with Crippen molar-refractivity contribution in [1.29, 1.82) is 0 Å². The number of fused-ring (bicyclic) bond motifs is 1. The van der Waals surface area contributed by atoms with E-state index in [0.29, 0.717) is 12.1 Å². The zero-order chi connectivity index (χ0) is 19.8. The van der Waals surface area contributed by atoms with Gasteiger partial charge in [-0.15, -0.1) is 0 Å². The Kier molecular flexibility index (Phi) is 4.83. The number of rotatable bonds is 3. The molecule has 1 amide bonds. The number of amides is 1. The summed E-state index contributed by atoms with van der Waals surface area (Å²) in [5, 5.41) is 10.2. The van der Waals surface area contributed by atoms with E-state index < -0.39 is 17.9 Å². The van der Waals surface area contributed by atoms with Crippen LogP contribution in [0, 0.1) is 0 Å². The van der Waals surface area contributed by atoms with Crippen LogP contribution in [-0.4, -0.2) is 38.0 Å². The van der Waals surface area contributed by atoms with Gasteiger partial charge in [0.2, 0.25) is 0 Å². The molecular weight excluding hydrogens is 401 g/mol. The first kappa shape index (κ1) is 18.5. The predicted molar refractivity (Wildman–Crippen MR) is 105 cm³/mol. The predicted octanol–water partition coefficient (Wildman–Crippen LogP) is 4.00. The quantitative estimate of drug-likeness (QED) is 0.701. The number of aliphatic carboxylic acids is 1. The second-order valence-electron chi connectivity index (χ2n) is 6.37. The second-order valence-corrected chi connectivity index (χ2v) is 7.16. The van der Waals surface area contributed by atoms with E-state index in [4.69, 9.17) is 23.2 Å². The van der Waals surface area contributed by atoms with E-state index in [-0.39, 0.29) is 22.2 Å². The third-order valence-electron chi connectivity index (χ3n) is 4.77. The van der Waals surface area contributed by atoms with Gasteiger partial charge < -0.3 is 14.6 Å². The lowest BCUT2D eigenvalue weighted by molar-refractivity contribution is -0.143. The van der Waals surface area contributed by atoms with Crippen LogP contribution in [0.5, 0.6) is 0 Å². The van der Waals surface area contributed by atoms with Crippen molar-refractivity contribution in [3.8, 4) is 5.69 Å². The minimum absolute atomic E-state index is 0.110. The molecule has 6 nitrogen and oxygen atoms in total. The molecule has 8 heteroatoms. The van der Waals surface area contributed by atoms with Crippen LogP contribution in [-0.2, 0) is 11.2 Å². The number of benzene rings is 2. The van der Waals surface area contributed by atoms with E-state index in [0.717, 1.165) is 11.4 Å². The van der Waals surface area contributed by atoms with Crippen molar-refractivity contribution < 1.29 is 14.7 Å². The molecule has 0 aliphatic carbocycles. The van der Waals surface area contributed by atoms with Gasteiger partial charge in [0.1, 0.15) is 0 Å². The first-order chi connectivity index (χ1) is 13.5. The Morgan fingerprint density at radius 3 is 2.54 bits per heavy atom. The molecule has 0 bridgehead atoms. The average Bonchev–Trinajstić information content (AvgIpc) is 3.13. The zero-order valence-electron chi connectivity index (χ0n) is 14.5. The molecule has 28 heavy (non-hydrogen) atoms. The Labute approximate surface area is 170 Å². The first-order valence-corrected chi connectivity index (χ1v) is 9.34. The van der Waals surface area contributed by atoms with Crippen molar-refractivity contribution in [2.45, 2.75) is 12.5 Å². The van der Waals surface area contributed by atoms with Gasteiger partial charge in [0.05, 0.1) is 33.3 Å². The Bertz CT molecular complexity index is 1070. The minimum atomic E-state index is -1.20. The molecular formula is C20H15Cl2N3O3. The standard InChI is InChI=1S/C20H15Cl2N3O3/c21-14-8-4-7-13(16(14)22)19(26)24-10-9-15-17(18(24)20(27)28)23-11-25(15)12-5-2-1-3-6-12/h1-8,11,18H,9-10H2,(H,27,28). The van der Waals surface area contributed by atoms with Gasteiger partial charge in [0.15, 0.2) is 6.04 Å². The summed E-state index contributed by atoms with van der Waals surface area (Å²) in [6.07, 6.45) is 2.06. The fraction of sp³-hybridized carbons (Fsp3) is 0.150. The van der Waals surface area contributed by atoms with Gasteiger partial charge >= 0.3 is 5.97 Å². The van der Waals surface area contributed by atoms with Crippen LogP contribution in [0.25, 0.3) is 5.69 Å². The molecule has 0 saturated heterocycles. The van der Waals surface area contributed by atoms with Crippen molar-refractivity contribution in [1.82, 2.24) is 14.5 Å². The third-order valence-corrected chi connectivity index (χ3v) is 5.59. The summed E-state index contributed by atoms with van der Waals surface area (Å²) in [6, 6.07) is 13.1. The number of nitrogens with zero attached hydrogens (tertiary/aromatic N) is 3. The lowest BCUT2D eigenvalue weighted by atomic mass is 10.0. The number of hydrogen-bond donors (Lipinski definition) is 1. The number of halogens is 2. The SMILES string of the molecule is O=C(O)C1c2ncn(-c3ccccc3)c2CCN1C(=O)c1cccc(Cl)c1Cl. The normalized spacial score (nSPS) is 15.9. The molecule has 2 aromatic carbocycles. The maximum absolute atomic E-state index is 13.1. The smallest absolute Gasteiger partial charge is 0.332 e. The summed E-state index contributed by atoms with van der Waals surface area (Å²) in [5.74, 6) is -1.63. The average molecular weight is 416 g/mol. The summed E-state index contributed by atoms with van der Waals surface area (Å²) in [5.41, 5.74) is 2.19. The van der Waals surface area contributed by atoms with Crippen LogP contribution in [0.2, 0.25) is 10.0 Å². The van der Waals surface area contributed by atoms with Crippen LogP contribution in [0.1, 0.15) is 27.8 Å². The van der Waals surface area contributed by atoms with Crippen molar-refractivity contribution in [3.05, 3.63) is 81.9 Å². The van der Waals surface area contributed by atoms with Gasteiger partial charge in [0.25, 0.3) is 5.91 Å². The number of hydrogen-bond acceptors (Lipinski definition) is 3. The molecule has 0 saturated carbocycles. The maximum atomic E-state index is 13.1. The lowest BCUT2D eigenvalue weighted by Crippen LogP contribution is -2.44. The largest absolute Gasteiger partial charge is 0.479 e. The van der Waals surface area contributed by atoms with E-state index in [1.54, 1.807) is 18.5 Å². The molecule has 0 fully saturated rings. The molecule has 3 aromatic rings. The third kappa shape index (κ3) is 3.04. The van der Waals surface area contributed by atoms with Crippen LogP contribution >= 0.6 is 23.2 Å². The molecule has 142 valence electrons. The molecule has 0 radical (unpaired) electrons.